The fourth-order valence-corrected chi connectivity index (χ4v) is 4.68. The Balaban J connectivity index is 2.30. The summed E-state index contributed by atoms with van der Waals surface area (Å²) in [7, 11) is -3.65. The molecule has 0 radical (unpaired) electrons. The molecule has 0 amide bonds. The second kappa shape index (κ2) is 6.02. The van der Waals surface area contributed by atoms with Crippen LogP contribution in [-0.2, 0) is 10.0 Å². The number of aliphatic hydroxyl groups is 1. The van der Waals surface area contributed by atoms with E-state index in [0.717, 1.165) is 19.3 Å². The Morgan fingerprint density at radius 2 is 1.95 bits per heavy atom. The van der Waals surface area contributed by atoms with Crippen LogP contribution in [0.5, 0.6) is 0 Å². The predicted octanol–water partition coefficient (Wildman–Crippen LogP) is 2.62. The van der Waals surface area contributed by atoms with Crippen LogP contribution in [0.2, 0.25) is 5.02 Å². The molecule has 0 bridgehead atoms. The van der Waals surface area contributed by atoms with Gasteiger partial charge in [0.15, 0.2) is 0 Å². The van der Waals surface area contributed by atoms with Crippen molar-refractivity contribution in [2.45, 2.75) is 49.5 Å². The SMILES string of the molecule is Cc1cc(Cl)ccc1S(=O)(=O)NC1(CO)CCCCC1. The van der Waals surface area contributed by atoms with Crippen molar-refractivity contribution in [3.05, 3.63) is 28.8 Å². The molecule has 0 aromatic heterocycles. The van der Waals surface area contributed by atoms with Crippen LogP contribution in [-0.4, -0.2) is 25.7 Å². The van der Waals surface area contributed by atoms with E-state index in [2.05, 4.69) is 4.72 Å². The third-order valence-corrected chi connectivity index (χ3v) is 5.86. The minimum atomic E-state index is -3.65. The summed E-state index contributed by atoms with van der Waals surface area (Å²) < 4.78 is 27.8. The van der Waals surface area contributed by atoms with Crippen molar-refractivity contribution in [2.24, 2.45) is 0 Å². The van der Waals surface area contributed by atoms with Crippen LogP contribution in [0, 0.1) is 6.92 Å². The first-order valence-corrected chi connectivity index (χ1v) is 8.66. The summed E-state index contributed by atoms with van der Waals surface area (Å²) in [6, 6.07) is 4.70. The molecule has 0 spiro atoms. The first kappa shape index (κ1) is 15.8. The highest BCUT2D eigenvalue weighted by Crippen LogP contribution is 2.30. The third kappa shape index (κ3) is 3.34. The molecule has 4 nitrogen and oxygen atoms in total. The van der Waals surface area contributed by atoms with E-state index >= 15 is 0 Å². The van der Waals surface area contributed by atoms with Gasteiger partial charge in [-0.2, -0.15) is 0 Å². The lowest BCUT2D eigenvalue weighted by Gasteiger charge is -2.36. The van der Waals surface area contributed by atoms with Gasteiger partial charge in [-0.3, -0.25) is 0 Å². The van der Waals surface area contributed by atoms with Gasteiger partial charge in [0.1, 0.15) is 0 Å². The van der Waals surface area contributed by atoms with E-state index in [1.165, 1.54) is 6.07 Å². The van der Waals surface area contributed by atoms with E-state index in [9.17, 15) is 13.5 Å². The summed E-state index contributed by atoms with van der Waals surface area (Å²) in [5.41, 5.74) is -0.114. The Morgan fingerprint density at radius 1 is 1.30 bits per heavy atom. The molecule has 0 heterocycles. The Labute approximate surface area is 125 Å². The maximum absolute atomic E-state index is 12.5. The number of sulfonamides is 1. The number of benzene rings is 1. The van der Waals surface area contributed by atoms with Crippen LogP contribution in [0.1, 0.15) is 37.7 Å². The fourth-order valence-electron chi connectivity index (χ4n) is 2.78. The summed E-state index contributed by atoms with van der Waals surface area (Å²) in [5, 5.41) is 10.1. The first-order chi connectivity index (χ1) is 9.38. The maximum atomic E-state index is 12.5. The van der Waals surface area contributed by atoms with Gasteiger partial charge in [0.25, 0.3) is 0 Å². The number of nitrogens with one attached hydrogen (secondary N) is 1. The van der Waals surface area contributed by atoms with Crippen LogP contribution < -0.4 is 4.72 Å². The van der Waals surface area contributed by atoms with Crippen LogP contribution >= 0.6 is 11.6 Å². The summed E-state index contributed by atoms with van der Waals surface area (Å²) in [4.78, 5) is 0.222. The Hall–Kier alpha value is -0.620. The molecule has 2 rings (SSSR count). The molecular weight excluding hydrogens is 298 g/mol. The summed E-state index contributed by atoms with van der Waals surface area (Å²) in [6.07, 6.45) is 4.31. The maximum Gasteiger partial charge on any atom is 0.241 e. The van der Waals surface area contributed by atoms with E-state index in [4.69, 9.17) is 11.6 Å². The highest BCUT2D eigenvalue weighted by Gasteiger charge is 2.36. The zero-order chi connectivity index (χ0) is 14.8. The van der Waals surface area contributed by atoms with Crippen molar-refractivity contribution in [2.75, 3.05) is 6.61 Å². The quantitative estimate of drug-likeness (QED) is 0.897. The average Bonchev–Trinajstić information content (AvgIpc) is 2.38. The summed E-state index contributed by atoms with van der Waals surface area (Å²) >= 11 is 5.86. The van der Waals surface area contributed by atoms with Gasteiger partial charge < -0.3 is 5.11 Å². The standard InChI is InChI=1S/C14H20ClNO3S/c1-11-9-12(15)5-6-13(11)20(18,19)16-14(10-17)7-3-2-4-8-14/h5-6,9,16-17H,2-4,7-8,10H2,1H3. The lowest BCUT2D eigenvalue weighted by molar-refractivity contribution is 0.142. The molecule has 0 atom stereocenters. The summed E-state index contributed by atoms with van der Waals surface area (Å²) in [6.45, 7) is 1.55. The molecule has 1 aliphatic carbocycles. The second-order valence-corrected chi connectivity index (χ2v) is 7.60. The lowest BCUT2D eigenvalue weighted by Crippen LogP contribution is -2.52. The van der Waals surface area contributed by atoms with Crippen molar-refractivity contribution in [3.8, 4) is 0 Å². The molecule has 1 aromatic carbocycles. The van der Waals surface area contributed by atoms with Gasteiger partial charge in [0.05, 0.1) is 17.0 Å². The van der Waals surface area contributed by atoms with Gasteiger partial charge >= 0.3 is 0 Å². The molecule has 1 saturated carbocycles. The normalized spacial score (nSPS) is 18.9. The van der Waals surface area contributed by atoms with Gasteiger partial charge in [-0.1, -0.05) is 30.9 Å². The molecule has 1 aromatic rings. The minimum absolute atomic E-state index is 0.168. The zero-order valence-corrected chi connectivity index (χ0v) is 13.1. The fraction of sp³-hybridized carbons (Fsp3) is 0.571. The van der Waals surface area contributed by atoms with Gasteiger partial charge in [0, 0.05) is 5.02 Å². The molecule has 0 saturated heterocycles. The molecule has 1 fully saturated rings. The molecule has 112 valence electrons. The first-order valence-electron chi connectivity index (χ1n) is 6.80. The molecular formula is C14H20ClNO3S. The number of hydrogen-bond acceptors (Lipinski definition) is 3. The van der Waals surface area contributed by atoms with Crippen LogP contribution in [0.25, 0.3) is 0 Å². The molecule has 20 heavy (non-hydrogen) atoms. The van der Waals surface area contributed by atoms with Crippen molar-refractivity contribution < 1.29 is 13.5 Å². The lowest BCUT2D eigenvalue weighted by atomic mass is 9.83. The van der Waals surface area contributed by atoms with Gasteiger partial charge in [0.2, 0.25) is 10.0 Å². The Morgan fingerprint density at radius 3 is 2.50 bits per heavy atom. The molecule has 6 heteroatoms. The van der Waals surface area contributed by atoms with Gasteiger partial charge in [-0.05, 0) is 43.5 Å². The number of aliphatic hydroxyl groups excluding tert-OH is 1. The third-order valence-electron chi connectivity index (χ3n) is 3.89. The monoisotopic (exact) mass is 317 g/mol. The van der Waals surface area contributed by atoms with Crippen molar-refractivity contribution in [1.82, 2.24) is 4.72 Å². The van der Waals surface area contributed by atoms with Crippen LogP contribution in [0.3, 0.4) is 0 Å². The van der Waals surface area contributed by atoms with Crippen molar-refractivity contribution >= 4 is 21.6 Å². The van der Waals surface area contributed by atoms with E-state index in [-0.39, 0.29) is 11.5 Å². The van der Waals surface area contributed by atoms with Crippen LogP contribution in [0.15, 0.2) is 23.1 Å². The van der Waals surface area contributed by atoms with Crippen LogP contribution in [0.4, 0.5) is 0 Å². The second-order valence-electron chi connectivity index (χ2n) is 5.51. The molecule has 0 unspecified atom stereocenters. The van der Waals surface area contributed by atoms with E-state index in [0.29, 0.717) is 23.4 Å². The highest BCUT2D eigenvalue weighted by molar-refractivity contribution is 7.89. The smallest absolute Gasteiger partial charge is 0.241 e. The molecule has 1 aliphatic rings. The van der Waals surface area contributed by atoms with Gasteiger partial charge in [-0.15, -0.1) is 0 Å². The highest BCUT2D eigenvalue weighted by atomic mass is 35.5. The number of rotatable bonds is 4. The van der Waals surface area contributed by atoms with Gasteiger partial charge in [-0.25, -0.2) is 13.1 Å². The number of halogens is 1. The number of hydrogen-bond donors (Lipinski definition) is 2. The van der Waals surface area contributed by atoms with Crippen molar-refractivity contribution in [1.29, 1.82) is 0 Å². The topological polar surface area (TPSA) is 66.4 Å². The molecule has 2 N–H and O–H groups in total. The largest absolute Gasteiger partial charge is 0.394 e. The molecule has 0 aliphatic heterocycles. The van der Waals surface area contributed by atoms with Crippen molar-refractivity contribution in [3.63, 3.8) is 0 Å². The number of aryl methyl sites for hydroxylation is 1. The van der Waals surface area contributed by atoms with E-state index < -0.39 is 15.6 Å². The average molecular weight is 318 g/mol. The minimum Gasteiger partial charge on any atom is -0.394 e. The van der Waals surface area contributed by atoms with E-state index in [1.54, 1.807) is 19.1 Å². The predicted molar refractivity (Wildman–Crippen MR) is 79.4 cm³/mol. The zero-order valence-electron chi connectivity index (χ0n) is 11.5. The Kier molecular flexibility index (Phi) is 4.74. The Bertz CT molecular complexity index is 580. The van der Waals surface area contributed by atoms with E-state index in [1.807, 2.05) is 0 Å². The summed E-state index contributed by atoms with van der Waals surface area (Å²) in [5.74, 6) is 0.